The highest BCUT2D eigenvalue weighted by Gasteiger charge is 2.32. The van der Waals surface area contributed by atoms with Crippen LogP contribution in [-0.4, -0.2) is 30.0 Å². The summed E-state index contributed by atoms with van der Waals surface area (Å²) in [4.78, 5) is 16.3. The van der Waals surface area contributed by atoms with Crippen molar-refractivity contribution in [2.24, 2.45) is 5.41 Å². The third kappa shape index (κ3) is 3.32. The second-order valence-corrected chi connectivity index (χ2v) is 5.98. The molecule has 1 aromatic rings. The van der Waals surface area contributed by atoms with Crippen LogP contribution in [0.5, 0.6) is 0 Å². The van der Waals surface area contributed by atoms with Crippen LogP contribution < -0.4 is 10.6 Å². The quantitative estimate of drug-likeness (QED) is 0.873. The summed E-state index contributed by atoms with van der Waals surface area (Å²) < 4.78 is 0. The lowest BCUT2D eigenvalue weighted by Gasteiger charge is -2.39. The van der Waals surface area contributed by atoms with Crippen molar-refractivity contribution in [3.8, 4) is 0 Å². The number of nitrogens with zero attached hydrogens (tertiary/aromatic N) is 1. The van der Waals surface area contributed by atoms with E-state index in [9.17, 15) is 4.79 Å². The Morgan fingerprint density at radius 3 is 3.05 bits per heavy atom. The lowest BCUT2D eigenvalue weighted by molar-refractivity contribution is 0.0923. The van der Waals surface area contributed by atoms with Crippen LogP contribution in [-0.2, 0) is 0 Å². The molecule has 1 saturated heterocycles. The molecule has 2 heterocycles. The number of carbonyl (C=O) groups is 1. The fraction of sp³-hybridized carbons (Fsp3) is 0.600. The van der Waals surface area contributed by atoms with Crippen molar-refractivity contribution in [1.29, 1.82) is 0 Å². The smallest absolute Gasteiger partial charge is 0.270 e. The molecule has 0 radical (unpaired) electrons. The van der Waals surface area contributed by atoms with Gasteiger partial charge in [0, 0.05) is 18.8 Å². The summed E-state index contributed by atoms with van der Waals surface area (Å²) >= 11 is 0. The van der Waals surface area contributed by atoms with E-state index >= 15 is 0 Å². The molecule has 19 heavy (non-hydrogen) atoms. The van der Waals surface area contributed by atoms with E-state index in [0.29, 0.717) is 18.3 Å². The molecule has 0 saturated carbocycles. The number of aryl methyl sites for hydroxylation is 1. The Morgan fingerprint density at radius 1 is 1.58 bits per heavy atom. The minimum Gasteiger partial charge on any atom is -0.349 e. The van der Waals surface area contributed by atoms with Gasteiger partial charge in [0.1, 0.15) is 5.69 Å². The van der Waals surface area contributed by atoms with Gasteiger partial charge < -0.3 is 10.6 Å². The minimum absolute atomic E-state index is 0.0822. The van der Waals surface area contributed by atoms with Gasteiger partial charge in [-0.3, -0.25) is 9.78 Å². The molecule has 1 aliphatic rings. The fourth-order valence-corrected chi connectivity index (χ4v) is 2.62. The van der Waals surface area contributed by atoms with Gasteiger partial charge in [-0.2, -0.15) is 0 Å². The highest BCUT2D eigenvalue weighted by molar-refractivity contribution is 5.93. The van der Waals surface area contributed by atoms with Crippen LogP contribution in [0.2, 0.25) is 0 Å². The Kier molecular flexibility index (Phi) is 4.20. The molecule has 1 fully saturated rings. The summed E-state index contributed by atoms with van der Waals surface area (Å²) in [5.74, 6) is -0.0822. The van der Waals surface area contributed by atoms with E-state index < -0.39 is 0 Å². The summed E-state index contributed by atoms with van der Waals surface area (Å²) in [7, 11) is 0. The zero-order valence-corrected chi connectivity index (χ0v) is 12.0. The van der Waals surface area contributed by atoms with Crippen molar-refractivity contribution < 1.29 is 4.79 Å². The maximum atomic E-state index is 12.1. The van der Waals surface area contributed by atoms with Crippen molar-refractivity contribution in [2.45, 2.75) is 39.7 Å². The lowest BCUT2D eigenvalue weighted by Crippen LogP contribution is -2.52. The summed E-state index contributed by atoms with van der Waals surface area (Å²) in [6.45, 7) is 8.10. The second-order valence-electron chi connectivity index (χ2n) is 5.98. The van der Waals surface area contributed by atoms with E-state index in [-0.39, 0.29) is 11.3 Å². The molecule has 1 aromatic heterocycles. The molecule has 104 valence electrons. The molecule has 4 heteroatoms. The van der Waals surface area contributed by atoms with Crippen LogP contribution >= 0.6 is 0 Å². The van der Waals surface area contributed by atoms with Crippen LogP contribution in [0.15, 0.2) is 18.3 Å². The SMILES string of the molecule is Cc1cccnc1C(=O)NCC1NCCCC1(C)C. The van der Waals surface area contributed by atoms with Crippen molar-refractivity contribution in [3.05, 3.63) is 29.6 Å². The van der Waals surface area contributed by atoms with Crippen LogP contribution in [0.1, 0.15) is 42.7 Å². The monoisotopic (exact) mass is 261 g/mol. The van der Waals surface area contributed by atoms with Crippen LogP contribution in [0, 0.1) is 12.3 Å². The van der Waals surface area contributed by atoms with Crippen LogP contribution in [0.4, 0.5) is 0 Å². The number of aromatic nitrogens is 1. The average molecular weight is 261 g/mol. The van der Waals surface area contributed by atoms with Crippen LogP contribution in [0.25, 0.3) is 0 Å². The molecule has 0 aliphatic carbocycles. The predicted octanol–water partition coefficient (Wildman–Crippen LogP) is 1.90. The van der Waals surface area contributed by atoms with Gasteiger partial charge in [0.25, 0.3) is 5.91 Å². The Morgan fingerprint density at radius 2 is 2.37 bits per heavy atom. The van der Waals surface area contributed by atoms with Gasteiger partial charge in [-0.15, -0.1) is 0 Å². The first-order valence-corrected chi connectivity index (χ1v) is 6.94. The predicted molar refractivity (Wildman–Crippen MR) is 76.1 cm³/mol. The Labute approximate surface area is 115 Å². The number of carbonyl (C=O) groups excluding carboxylic acids is 1. The normalized spacial score (nSPS) is 21.9. The number of amides is 1. The molecule has 2 rings (SSSR count). The number of pyridine rings is 1. The molecular formula is C15H23N3O. The number of nitrogens with one attached hydrogen (secondary N) is 2. The standard InChI is InChI=1S/C15H23N3O/c1-11-6-4-8-17-13(11)14(19)18-10-12-15(2,3)7-5-9-16-12/h4,6,8,12,16H,5,7,9-10H2,1-3H3,(H,18,19). The summed E-state index contributed by atoms with van der Waals surface area (Å²) in [6, 6.07) is 4.08. The van der Waals surface area contributed by atoms with Crippen molar-refractivity contribution in [3.63, 3.8) is 0 Å². The van der Waals surface area contributed by atoms with Gasteiger partial charge in [-0.25, -0.2) is 0 Å². The molecule has 2 N–H and O–H groups in total. The third-order valence-electron chi connectivity index (χ3n) is 4.02. The van der Waals surface area contributed by atoms with Crippen molar-refractivity contribution in [2.75, 3.05) is 13.1 Å². The first-order chi connectivity index (χ1) is 9.00. The maximum Gasteiger partial charge on any atom is 0.270 e. The molecule has 0 bridgehead atoms. The van der Waals surface area contributed by atoms with Crippen LogP contribution in [0.3, 0.4) is 0 Å². The number of hydrogen-bond donors (Lipinski definition) is 2. The van der Waals surface area contributed by atoms with Gasteiger partial charge >= 0.3 is 0 Å². The van der Waals surface area contributed by atoms with E-state index in [4.69, 9.17) is 0 Å². The fourth-order valence-electron chi connectivity index (χ4n) is 2.62. The summed E-state index contributed by atoms with van der Waals surface area (Å²) in [6.07, 6.45) is 4.06. The highest BCUT2D eigenvalue weighted by atomic mass is 16.1. The summed E-state index contributed by atoms with van der Waals surface area (Å²) in [5, 5.41) is 6.50. The Bertz CT molecular complexity index is 456. The second kappa shape index (κ2) is 5.70. The van der Waals surface area contributed by atoms with E-state index in [1.54, 1.807) is 6.20 Å². The van der Waals surface area contributed by atoms with Crippen molar-refractivity contribution in [1.82, 2.24) is 15.6 Å². The Hall–Kier alpha value is -1.42. The van der Waals surface area contributed by atoms with Gasteiger partial charge in [0.15, 0.2) is 0 Å². The Balaban J connectivity index is 1.95. The van der Waals surface area contributed by atoms with Gasteiger partial charge in [0.2, 0.25) is 0 Å². The largest absolute Gasteiger partial charge is 0.349 e. The van der Waals surface area contributed by atoms with Gasteiger partial charge in [0.05, 0.1) is 0 Å². The zero-order valence-electron chi connectivity index (χ0n) is 12.0. The third-order valence-corrected chi connectivity index (χ3v) is 4.02. The van der Waals surface area contributed by atoms with E-state index in [0.717, 1.165) is 12.1 Å². The molecule has 1 aliphatic heterocycles. The van der Waals surface area contributed by atoms with Gasteiger partial charge in [-0.1, -0.05) is 19.9 Å². The van der Waals surface area contributed by atoms with Gasteiger partial charge in [-0.05, 0) is 43.4 Å². The molecule has 1 amide bonds. The van der Waals surface area contributed by atoms with E-state index in [1.807, 2.05) is 19.1 Å². The molecule has 0 aromatic carbocycles. The molecule has 1 atom stereocenters. The first kappa shape index (κ1) is 14.0. The van der Waals surface area contributed by atoms with E-state index in [1.165, 1.54) is 12.8 Å². The molecule has 1 unspecified atom stereocenters. The number of hydrogen-bond acceptors (Lipinski definition) is 3. The topological polar surface area (TPSA) is 54.0 Å². The number of piperidine rings is 1. The highest BCUT2D eigenvalue weighted by Crippen LogP contribution is 2.29. The molecule has 4 nitrogen and oxygen atoms in total. The molecule has 0 spiro atoms. The molecular weight excluding hydrogens is 238 g/mol. The van der Waals surface area contributed by atoms with E-state index in [2.05, 4.69) is 29.5 Å². The minimum atomic E-state index is -0.0822. The zero-order chi connectivity index (χ0) is 13.9. The van der Waals surface area contributed by atoms with Crippen molar-refractivity contribution >= 4 is 5.91 Å². The summed E-state index contributed by atoms with van der Waals surface area (Å²) in [5.41, 5.74) is 1.66. The average Bonchev–Trinajstić information content (AvgIpc) is 2.37. The lowest BCUT2D eigenvalue weighted by atomic mass is 9.77. The maximum absolute atomic E-state index is 12.1. The number of rotatable bonds is 3. The first-order valence-electron chi connectivity index (χ1n) is 6.94.